The van der Waals surface area contributed by atoms with E-state index >= 15 is 0 Å². The van der Waals surface area contributed by atoms with E-state index in [4.69, 9.17) is 0 Å². The van der Waals surface area contributed by atoms with Gasteiger partial charge in [-0.3, -0.25) is 4.79 Å². The van der Waals surface area contributed by atoms with Crippen molar-refractivity contribution in [1.82, 2.24) is 5.32 Å². The van der Waals surface area contributed by atoms with Crippen molar-refractivity contribution in [2.75, 3.05) is 0 Å². The molecule has 1 saturated heterocycles. The zero-order valence-electron chi connectivity index (χ0n) is 10.1. The van der Waals surface area contributed by atoms with Crippen LogP contribution < -0.4 is 10.4 Å². The molecule has 0 spiro atoms. The Hall–Kier alpha value is -1.67. The van der Waals surface area contributed by atoms with E-state index in [0.29, 0.717) is 0 Å². The molecule has 1 aromatic rings. The van der Waals surface area contributed by atoms with Gasteiger partial charge < -0.3 is 15.2 Å². The van der Waals surface area contributed by atoms with E-state index in [0.717, 1.165) is 21.8 Å². The lowest BCUT2D eigenvalue weighted by molar-refractivity contribution is -0.305. The quantitative estimate of drug-likeness (QED) is 0.629. The second-order valence-electron chi connectivity index (χ2n) is 3.87. The molecule has 1 amide bonds. The van der Waals surface area contributed by atoms with E-state index in [9.17, 15) is 14.7 Å². The molecule has 8 heteroatoms. The highest BCUT2D eigenvalue weighted by Crippen LogP contribution is 2.21. The van der Waals surface area contributed by atoms with Crippen molar-refractivity contribution in [3.63, 3.8) is 0 Å². The first-order chi connectivity index (χ1) is 9.54. The van der Waals surface area contributed by atoms with Crippen molar-refractivity contribution in [1.29, 1.82) is 0 Å². The van der Waals surface area contributed by atoms with Crippen LogP contribution in [0, 0.1) is 0 Å². The molecular weight excluding hydrogens is 346 g/mol. The topological polar surface area (TPSA) is 93.9 Å². The molecule has 1 aromatic carbocycles. The summed E-state index contributed by atoms with van der Waals surface area (Å²) in [6.07, 6.45) is 1.20. The van der Waals surface area contributed by atoms with Crippen molar-refractivity contribution in [3.05, 3.63) is 34.3 Å². The van der Waals surface area contributed by atoms with Crippen molar-refractivity contribution in [2.24, 2.45) is 10.2 Å². The number of benzene rings is 1. The molecule has 0 radical (unpaired) electrons. The summed E-state index contributed by atoms with van der Waals surface area (Å²) in [6.45, 7) is 0. The Morgan fingerprint density at radius 2 is 2.15 bits per heavy atom. The van der Waals surface area contributed by atoms with Gasteiger partial charge in [-0.25, -0.2) is 0 Å². The van der Waals surface area contributed by atoms with Crippen LogP contribution in [0.4, 0.5) is 0 Å². The summed E-state index contributed by atoms with van der Waals surface area (Å²) in [5.41, 5.74) is 0.859. The molecule has 104 valence electrons. The molecule has 1 atom stereocenters. The lowest BCUT2D eigenvalue weighted by atomic mass is 10.2. The maximum absolute atomic E-state index is 11.4. The molecule has 0 aliphatic carbocycles. The minimum atomic E-state index is -1.27. The molecule has 1 N–H and O–H groups in total. The summed E-state index contributed by atoms with van der Waals surface area (Å²) in [5.74, 6) is -1.66. The van der Waals surface area contributed by atoms with E-state index in [2.05, 4.69) is 31.4 Å². The van der Waals surface area contributed by atoms with Crippen LogP contribution in [0.3, 0.4) is 0 Å². The number of amides is 1. The Morgan fingerprint density at radius 3 is 2.80 bits per heavy atom. The number of carboxylic acid groups (broad SMARTS) is 1. The highest BCUT2D eigenvalue weighted by molar-refractivity contribution is 9.10. The van der Waals surface area contributed by atoms with Crippen molar-refractivity contribution in [2.45, 2.75) is 11.7 Å². The summed E-state index contributed by atoms with van der Waals surface area (Å²) in [7, 11) is 0. The summed E-state index contributed by atoms with van der Waals surface area (Å²) in [6, 6.07) is 7.45. The number of halogens is 1. The lowest BCUT2D eigenvalue weighted by Gasteiger charge is -2.04. The third kappa shape index (κ3) is 4.17. The molecule has 1 aliphatic heterocycles. The zero-order chi connectivity index (χ0) is 14.5. The Kier molecular flexibility index (Phi) is 4.91. The SMILES string of the molecule is O=C([O-])C[C@@H]1S/C(=N\N=C/c2ccc(Br)cc2)NC1=O. The number of carboxylic acids is 1. The molecule has 0 saturated carbocycles. The number of hydrogen-bond acceptors (Lipinski definition) is 6. The van der Waals surface area contributed by atoms with Crippen LogP contribution in [0.1, 0.15) is 12.0 Å². The van der Waals surface area contributed by atoms with Crippen LogP contribution in [0.2, 0.25) is 0 Å². The van der Waals surface area contributed by atoms with Crippen LogP contribution in [0.5, 0.6) is 0 Å². The monoisotopic (exact) mass is 354 g/mol. The fourth-order valence-corrected chi connectivity index (χ4v) is 2.61. The van der Waals surface area contributed by atoms with Crippen LogP contribution >= 0.6 is 27.7 Å². The third-order valence-corrected chi connectivity index (χ3v) is 3.95. The number of carbonyl (C=O) groups excluding carboxylic acids is 2. The lowest BCUT2D eigenvalue weighted by Crippen LogP contribution is -2.31. The van der Waals surface area contributed by atoms with E-state index in [-0.39, 0.29) is 11.6 Å². The maximum Gasteiger partial charge on any atom is 0.239 e. The Labute approximate surface area is 127 Å². The van der Waals surface area contributed by atoms with E-state index in [1.54, 1.807) is 0 Å². The van der Waals surface area contributed by atoms with Gasteiger partial charge in [0.05, 0.1) is 11.5 Å². The molecule has 1 fully saturated rings. The summed E-state index contributed by atoms with van der Waals surface area (Å²) in [5, 5.41) is 20.2. The molecule has 6 nitrogen and oxygen atoms in total. The second-order valence-corrected chi connectivity index (χ2v) is 5.98. The second kappa shape index (κ2) is 6.67. The largest absolute Gasteiger partial charge is 0.550 e. The van der Waals surface area contributed by atoms with Crippen LogP contribution in [0.15, 0.2) is 38.9 Å². The normalized spacial score (nSPS) is 20.6. The third-order valence-electron chi connectivity index (χ3n) is 2.35. The standard InChI is InChI=1S/C12H10BrN3O3S/c13-8-3-1-7(2-4-8)6-14-16-12-15-11(19)9(20-12)5-10(17)18/h1-4,6,9H,5H2,(H,17,18)(H,15,16,19)/p-1/b14-6-/t9-/m0/s1. The van der Waals surface area contributed by atoms with Gasteiger partial charge in [0.1, 0.15) is 0 Å². The highest BCUT2D eigenvalue weighted by Gasteiger charge is 2.30. The van der Waals surface area contributed by atoms with Crippen LogP contribution in [-0.2, 0) is 9.59 Å². The van der Waals surface area contributed by atoms with Gasteiger partial charge in [0.25, 0.3) is 0 Å². The van der Waals surface area contributed by atoms with Crippen molar-refractivity contribution in [3.8, 4) is 0 Å². The van der Waals surface area contributed by atoms with Gasteiger partial charge >= 0.3 is 0 Å². The Bertz CT molecular complexity index is 586. The predicted octanol–water partition coefficient (Wildman–Crippen LogP) is 0.511. The van der Waals surface area contributed by atoms with Gasteiger partial charge in [-0.2, -0.15) is 5.10 Å². The number of hydrogen-bond donors (Lipinski definition) is 1. The number of nitrogens with one attached hydrogen (secondary N) is 1. The fraction of sp³-hybridized carbons (Fsp3) is 0.167. The summed E-state index contributed by atoms with van der Waals surface area (Å²) in [4.78, 5) is 21.9. The number of carbonyl (C=O) groups is 2. The van der Waals surface area contributed by atoms with Gasteiger partial charge in [-0.15, -0.1) is 5.10 Å². The van der Waals surface area contributed by atoms with Gasteiger partial charge in [-0.05, 0) is 17.7 Å². The fourth-order valence-electron chi connectivity index (χ4n) is 1.43. The Morgan fingerprint density at radius 1 is 1.45 bits per heavy atom. The van der Waals surface area contributed by atoms with Crippen LogP contribution in [0.25, 0.3) is 0 Å². The maximum atomic E-state index is 11.4. The van der Waals surface area contributed by atoms with Gasteiger partial charge in [0, 0.05) is 16.9 Å². The molecule has 1 heterocycles. The van der Waals surface area contributed by atoms with Gasteiger partial charge in [0.15, 0.2) is 5.17 Å². The number of rotatable bonds is 4. The van der Waals surface area contributed by atoms with E-state index < -0.39 is 17.1 Å². The molecule has 0 bridgehead atoms. The van der Waals surface area contributed by atoms with E-state index in [1.165, 1.54) is 6.21 Å². The van der Waals surface area contributed by atoms with Gasteiger partial charge in [-0.1, -0.05) is 39.8 Å². The minimum absolute atomic E-state index is 0.287. The number of thioether (sulfide) groups is 1. The first-order valence-corrected chi connectivity index (χ1v) is 7.26. The first-order valence-electron chi connectivity index (χ1n) is 5.58. The summed E-state index contributed by atoms with van der Waals surface area (Å²) < 4.78 is 0.963. The predicted molar refractivity (Wildman–Crippen MR) is 78.3 cm³/mol. The average molecular weight is 355 g/mol. The molecule has 0 aromatic heterocycles. The van der Waals surface area contributed by atoms with Gasteiger partial charge in [0.2, 0.25) is 5.91 Å². The molecular formula is C12H9BrN3O3S-. The Balaban J connectivity index is 1.97. The van der Waals surface area contributed by atoms with Crippen molar-refractivity contribution >= 4 is 51.0 Å². The molecule has 20 heavy (non-hydrogen) atoms. The smallest absolute Gasteiger partial charge is 0.239 e. The zero-order valence-corrected chi connectivity index (χ0v) is 12.5. The highest BCUT2D eigenvalue weighted by atomic mass is 79.9. The summed E-state index contributed by atoms with van der Waals surface area (Å²) >= 11 is 4.36. The molecule has 2 rings (SSSR count). The average Bonchev–Trinajstić information content (AvgIpc) is 2.72. The molecule has 0 unspecified atom stereocenters. The minimum Gasteiger partial charge on any atom is -0.550 e. The van der Waals surface area contributed by atoms with Crippen LogP contribution in [-0.4, -0.2) is 28.5 Å². The van der Waals surface area contributed by atoms with E-state index in [1.807, 2.05) is 24.3 Å². The number of nitrogens with zero attached hydrogens (tertiary/aromatic N) is 2. The molecule has 1 aliphatic rings. The number of amidine groups is 1. The first kappa shape index (κ1) is 14.7. The van der Waals surface area contributed by atoms with Crippen molar-refractivity contribution < 1.29 is 14.7 Å². The number of aliphatic carboxylic acids is 1.